The van der Waals surface area contributed by atoms with Gasteiger partial charge in [0.1, 0.15) is 11.6 Å². The molecule has 18 heavy (non-hydrogen) atoms. The minimum Gasteiger partial charge on any atom is -0.388 e. The molecule has 0 radical (unpaired) electrons. The number of aliphatic hydroxyl groups excluding tert-OH is 1. The van der Waals surface area contributed by atoms with Gasteiger partial charge >= 0.3 is 0 Å². The molecule has 0 aliphatic heterocycles. The molecule has 98 valence electrons. The highest BCUT2D eigenvalue weighted by Gasteiger charge is 2.46. The summed E-state index contributed by atoms with van der Waals surface area (Å²) in [6.45, 7) is 1.61. The lowest BCUT2D eigenvalue weighted by atomic mass is 9.86. The quantitative estimate of drug-likeness (QED) is 0.865. The molecule has 1 N–H and O–H groups in total. The van der Waals surface area contributed by atoms with Crippen LogP contribution in [-0.2, 0) is 0 Å². The average molecular weight is 252 g/mol. The topological polar surface area (TPSA) is 20.2 Å². The molecule has 2 aliphatic carbocycles. The van der Waals surface area contributed by atoms with E-state index in [2.05, 4.69) is 0 Å². The highest BCUT2D eigenvalue weighted by Crippen LogP contribution is 2.54. The molecule has 1 aromatic carbocycles. The molecule has 0 bridgehead atoms. The van der Waals surface area contributed by atoms with Gasteiger partial charge in [-0.3, -0.25) is 0 Å². The molecule has 2 fully saturated rings. The Morgan fingerprint density at radius 3 is 2.11 bits per heavy atom. The molecule has 2 aliphatic rings. The molecule has 0 aromatic heterocycles. The van der Waals surface area contributed by atoms with Crippen LogP contribution in [0.5, 0.6) is 0 Å². The molecule has 0 amide bonds. The molecule has 3 heteroatoms. The SMILES string of the molecule is Cc1cc(C(O)C(C2CC2)C2CC2)c(F)cc1F. The van der Waals surface area contributed by atoms with Crippen LogP contribution in [0.25, 0.3) is 0 Å². The van der Waals surface area contributed by atoms with E-state index in [1.165, 1.54) is 6.07 Å². The van der Waals surface area contributed by atoms with Gasteiger partial charge < -0.3 is 5.11 Å². The van der Waals surface area contributed by atoms with Gasteiger partial charge in [-0.25, -0.2) is 8.78 Å². The predicted octanol–water partition coefficient (Wildman–Crippen LogP) is 3.74. The number of aliphatic hydroxyl groups is 1. The van der Waals surface area contributed by atoms with E-state index in [1.54, 1.807) is 6.92 Å². The Labute approximate surface area is 106 Å². The smallest absolute Gasteiger partial charge is 0.131 e. The molecule has 2 saturated carbocycles. The van der Waals surface area contributed by atoms with Crippen molar-refractivity contribution >= 4 is 0 Å². The zero-order valence-electron chi connectivity index (χ0n) is 10.5. The summed E-state index contributed by atoms with van der Waals surface area (Å²) in [5, 5.41) is 10.4. The Bertz CT molecular complexity index is 452. The second-order valence-electron chi connectivity index (χ2n) is 5.82. The Balaban J connectivity index is 1.90. The maximum absolute atomic E-state index is 13.8. The summed E-state index contributed by atoms with van der Waals surface area (Å²) in [5.41, 5.74) is 0.675. The van der Waals surface area contributed by atoms with Crippen LogP contribution in [0.4, 0.5) is 8.78 Å². The van der Waals surface area contributed by atoms with E-state index in [4.69, 9.17) is 0 Å². The maximum Gasteiger partial charge on any atom is 0.131 e. The summed E-state index contributed by atoms with van der Waals surface area (Å²) < 4.78 is 27.1. The fourth-order valence-electron chi connectivity index (χ4n) is 2.98. The first-order valence-electron chi connectivity index (χ1n) is 6.71. The van der Waals surface area contributed by atoms with E-state index in [-0.39, 0.29) is 11.5 Å². The fourth-order valence-corrected chi connectivity index (χ4v) is 2.98. The van der Waals surface area contributed by atoms with Crippen LogP contribution in [0, 0.1) is 36.3 Å². The van der Waals surface area contributed by atoms with Gasteiger partial charge in [-0.15, -0.1) is 0 Å². The van der Waals surface area contributed by atoms with Gasteiger partial charge in [0, 0.05) is 11.6 Å². The first kappa shape index (κ1) is 12.1. The van der Waals surface area contributed by atoms with Crippen LogP contribution >= 0.6 is 0 Å². The van der Waals surface area contributed by atoms with E-state index >= 15 is 0 Å². The molecule has 0 saturated heterocycles. The van der Waals surface area contributed by atoms with Crippen molar-refractivity contribution in [3.63, 3.8) is 0 Å². The van der Waals surface area contributed by atoms with Crippen LogP contribution in [-0.4, -0.2) is 5.11 Å². The molecule has 1 unspecified atom stereocenters. The standard InChI is InChI=1S/C15H18F2O/c1-8-6-11(13(17)7-12(8)16)15(18)14(9-2-3-9)10-4-5-10/h6-7,9-10,14-15,18H,2-5H2,1H3. The average Bonchev–Trinajstić information content (AvgIpc) is 3.16. The van der Waals surface area contributed by atoms with Gasteiger partial charge in [0.05, 0.1) is 6.10 Å². The van der Waals surface area contributed by atoms with Crippen molar-refractivity contribution in [2.45, 2.75) is 38.7 Å². The number of benzene rings is 1. The molecule has 1 atom stereocenters. The van der Waals surface area contributed by atoms with Gasteiger partial charge in [-0.05, 0) is 62.0 Å². The second-order valence-corrected chi connectivity index (χ2v) is 5.82. The number of aryl methyl sites for hydroxylation is 1. The van der Waals surface area contributed by atoms with Gasteiger partial charge in [0.15, 0.2) is 0 Å². The van der Waals surface area contributed by atoms with Crippen molar-refractivity contribution < 1.29 is 13.9 Å². The van der Waals surface area contributed by atoms with E-state index in [1.807, 2.05) is 0 Å². The monoisotopic (exact) mass is 252 g/mol. The Morgan fingerprint density at radius 2 is 1.61 bits per heavy atom. The summed E-state index contributed by atoms with van der Waals surface area (Å²) in [5.74, 6) is 0.0913. The second kappa shape index (κ2) is 4.30. The van der Waals surface area contributed by atoms with E-state index in [0.29, 0.717) is 17.4 Å². The zero-order chi connectivity index (χ0) is 12.9. The third kappa shape index (κ3) is 2.16. The Kier molecular flexibility index (Phi) is 2.89. The summed E-state index contributed by atoms with van der Waals surface area (Å²) >= 11 is 0. The molecular weight excluding hydrogens is 234 g/mol. The molecule has 1 nitrogen and oxygen atoms in total. The van der Waals surface area contributed by atoms with Gasteiger partial charge in [0.25, 0.3) is 0 Å². The lowest BCUT2D eigenvalue weighted by Crippen LogP contribution is -2.18. The van der Waals surface area contributed by atoms with Crippen molar-refractivity contribution in [1.82, 2.24) is 0 Å². The van der Waals surface area contributed by atoms with E-state index in [0.717, 1.165) is 31.7 Å². The number of rotatable bonds is 4. The van der Waals surface area contributed by atoms with Crippen molar-refractivity contribution in [2.24, 2.45) is 17.8 Å². The molecular formula is C15H18F2O. The van der Waals surface area contributed by atoms with Crippen LogP contribution in [0.1, 0.15) is 42.9 Å². The molecule has 1 aromatic rings. The van der Waals surface area contributed by atoms with Crippen LogP contribution < -0.4 is 0 Å². The third-order valence-corrected chi connectivity index (χ3v) is 4.29. The molecule has 3 rings (SSSR count). The molecule has 0 spiro atoms. The van der Waals surface area contributed by atoms with Gasteiger partial charge in [-0.2, -0.15) is 0 Å². The lowest BCUT2D eigenvalue weighted by molar-refractivity contribution is 0.0787. The number of hydrogen-bond acceptors (Lipinski definition) is 1. The minimum absolute atomic E-state index is 0.171. The highest BCUT2D eigenvalue weighted by molar-refractivity contribution is 5.28. The first-order valence-corrected chi connectivity index (χ1v) is 6.71. The highest BCUT2D eigenvalue weighted by atomic mass is 19.1. The Morgan fingerprint density at radius 1 is 1.06 bits per heavy atom. The van der Waals surface area contributed by atoms with Gasteiger partial charge in [0.2, 0.25) is 0 Å². The van der Waals surface area contributed by atoms with E-state index < -0.39 is 17.7 Å². The maximum atomic E-state index is 13.8. The fraction of sp³-hybridized carbons (Fsp3) is 0.600. The molecule has 0 heterocycles. The van der Waals surface area contributed by atoms with E-state index in [9.17, 15) is 13.9 Å². The Hall–Kier alpha value is -0.960. The van der Waals surface area contributed by atoms with Crippen molar-refractivity contribution in [3.8, 4) is 0 Å². The minimum atomic E-state index is -0.774. The van der Waals surface area contributed by atoms with Crippen molar-refractivity contribution in [3.05, 3.63) is 34.9 Å². The van der Waals surface area contributed by atoms with Crippen molar-refractivity contribution in [2.75, 3.05) is 0 Å². The van der Waals surface area contributed by atoms with Gasteiger partial charge in [-0.1, -0.05) is 0 Å². The predicted molar refractivity (Wildman–Crippen MR) is 65.0 cm³/mol. The first-order chi connectivity index (χ1) is 8.58. The third-order valence-electron chi connectivity index (χ3n) is 4.29. The van der Waals surface area contributed by atoms with Crippen LogP contribution in [0.15, 0.2) is 12.1 Å². The van der Waals surface area contributed by atoms with Crippen molar-refractivity contribution in [1.29, 1.82) is 0 Å². The summed E-state index contributed by atoms with van der Waals surface area (Å²) in [6.07, 6.45) is 3.78. The largest absolute Gasteiger partial charge is 0.388 e. The summed E-state index contributed by atoms with van der Waals surface area (Å²) in [6, 6.07) is 2.36. The number of hydrogen-bond donors (Lipinski definition) is 1. The summed E-state index contributed by atoms with van der Waals surface area (Å²) in [4.78, 5) is 0. The zero-order valence-corrected chi connectivity index (χ0v) is 10.5. The number of halogens is 2. The lowest BCUT2D eigenvalue weighted by Gasteiger charge is -2.23. The van der Waals surface area contributed by atoms with Crippen LogP contribution in [0.3, 0.4) is 0 Å². The van der Waals surface area contributed by atoms with Crippen LogP contribution in [0.2, 0.25) is 0 Å². The normalized spacial score (nSPS) is 21.4. The summed E-state index contributed by atoms with van der Waals surface area (Å²) in [7, 11) is 0.